The van der Waals surface area contributed by atoms with Crippen LogP contribution < -0.4 is 15.5 Å². The molecule has 1 saturated heterocycles. The second-order valence-corrected chi connectivity index (χ2v) is 6.63. The lowest BCUT2D eigenvalue weighted by Gasteiger charge is -2.36. The summed E-state index contributed by atoms with van der Waals surface area (Å²) in [7, 11) is 3.47. The highest BCUT2D eigenvalue weighted by Crippen LogP contribution is 2.20. The molecule has 2 N–H and O–H groups in total. The standard InChI is InChI=1S/C19H32FN5O/c1-16(15-26-3)23-19(21-2)22-9-6-10-24-11-13-25(14-12-24)18-8-5-4-7-17(18)20/h4-5,7-8,16H,6,9-15H2,1-3H3,(H2,21,22,23). The molecule has 26 heavy (non-hydrogen) atoms. The van der Waals surface area contributed by atoms with Gasteiger partial charge in [0.1, 0.15) is 5.82 Å². The van der Waals surface area contributed by atoms with E-state index in [4.69, 9.17) is 4.74 Å². The topological polar surface area (TPSA) is 52.1 Å². The first kappa shape index (κ1) is 20.5. The number of ether oxygens (including phenoxy) is 1. The van der Waals surface area contributed by atoms with Gasteiger partial charge in [-0.3, -0.25) is 9.89 Å². The third-order valence-electron chi connectivity index (χ3n) is 4.53. The molecule has 7 heteroatoms. The smallest absolute Gasteiger partial charge is 0.191 e. The Bertz CT molecular complexity index is 561. The Kier molecular flexibility index (Phi) is 8.64. The lowest BCUT2D eigenvalue weighted by atomic mass is 10.2. The Hall–Kier alpha value is -1.86. The quantitative estimate of drug-likeness (QED) is 0.416. The van der Waals surface area contributed by atoms with Crippen LogP contribution in [0.3, 0.4) is 0 Å². The number of benzene rings is 1. The minimum absolute atomic E-state index is 0.133. The molecule has 1 atom stereocenters. The highest BCUT2D eigenvalue weighted by Gasteiger charge is 2.18. The summed E-state index contributed by atoms with van der Waals surface area (Å²) in [6, 6.07) is 7.24. The first-order chi connectivity index (χ1) is 12.6. The third-order valence-corrected chi connectivity index (χ3v) is 4.53. The normalized spacial score (nSPS) is 17.2. The number of hydrogen-bond acceptors (Lipinski definition) is 4. The zero-order chi connectivity index (χ0) is 18.8. The van der Waals surface area contributed by atoms with Crippen LogP contribution in [0.25, 0.3) is 0 Å². The molecule has 1 unspecified atom stereocenters. The number of para-hydroxylation sites is 1. The van der Waals surface area contributed by atoms with E-state index < -0.39 is 0 Å². The second kappa shape index (κ2) is 11.0. The number of guanidine groups is 1. The van der Waals surface area contributed by atoms with Gasteiger partial charge < -0.3 is 20.3 Å². The predicted molar refractivity (Wildman–Crippen MR) is 106 cm³/mol. The maximum absolute atomic E-state index is 13.9. The van der Waals surface area contributed by atoms with Gasteiger partial charge >= 0.3 is 0 Å². The average Bonchev–Trinajstić information content (AvgIpc) is 2.65. The maximum atomic E-state index is 13.9. The van der Waals surface area contributed by atoms with Crippen molar-refractivity contribution in [1.82, 2.24) is 15.5 Å². The SMILES string of the molecule is CN=C(NCCCN1CCN(c2ccccc2F)CC1)NC(C)COC. The van der Waals surface area contributed by atoms with E-state index in [0.717, 1.165) is 51.6 Å². The van der Waals surface area contributed by atoms with Crippen molar-refractivity contribution in [2.24, 2.45) is 4.99 Å². The second-order valence-electron chi connectivity index (χ2n) is 6.63. The molecule has 2 rings (SSSR count). The molecule has 1 aliphatic rings. The van der Waals surface area contributed by atoms with Crippen LogP contribution in [0.4, 0.5) is 10.1 Å². The minimum atomic E-state index is -0.133. The van der Waals surface area contributed by atoms with Crippen molar-refractivity contribution in [2.75, 3.05) is 64.9 Å². The van der Waals surface area contributed by atoms with Crippen molar-refractivity contribution in [1.29, 1.82) is 0 Å². The number of nitrogens with one attached hydrogen (secondary N) is 2. The van der Waals surface area contributed by atoms with E-state index in [2.05, 4.69) is 32.3 Å². The van der Waals surface area contributed by atoms with Crippen LogP contribution in [0.5, 0.6) is 0 Å². The zero-order valence-electron chi connectivity index (χ0n) is 16.2. The summed E-state index contributed by atoms with van der Waals surface area (Å²) in [5, 5.41) is 6.63. The van der Waals surface area contributed by atoms with Gasteiger partial charge in [-0.25, -0.2) is 4.39 Å². The van der Waals surface area contributed by atoms with Crippen LogP contribution in [-0.2, 0) is 4.74 Å². The van der Waals surface area contributed by atoms with E-state index in [9.17, 15) is 4.39 Å². The Morgan fingerprint density at radius 1 is 1.27 bits per heavy atom. The van der Waals surface area contributed by atoms with Crippen LogP contribution in [0.2, 0.25) is 0 Å². The Labute approximate surface area is 156 Å². The predicted octanol–water partition coefficient (Wildman–Crippen LogP) is 1.54. The van der Waals surface area contributed by atoms with Gasteiger partial charge in [0, 0.05) is 52.9 Å². The molecule has 0 amide bonds. The van der Waals surface area contributed by atoms with E-state index in [1.165, 1.54) is 6.07 Å². The number of methoxy groups -OCH3 is 1. The van der Waals surface area contributed by atoms with Crippen LogP contribution >= 0.6 is 0 Å². The van der Waals surface area contributed by atoms with Gasteiger partial charge in [-0.1, -0.05) is 12.1 Å². The largest absolute Gasteiger partial charge is 0.383 e. The molecule has 1 heterocycles. The highest BCUT2D eigenvalue weighted by molar-refractivity contribution is 5.79. The Balaban J connectivity index is 1.63. The lowest BCUT2D eigenvalue weighted by Crippen LogP contribution is -2.48. The summed E-state index contributed by atoms with van der Waals surface area (Å²) in [4.78, 5) is 8.79. The van der Waals surface area contributed by atoms with Gasteiger partial charge in [0.15, 0.2) is 5.96 Å². The molecule has 1 aromatic carbocycles. The molecule has 1 aliphatic heterocycles. The summed E-state index contributed by atoms with van der Waals surface area (Å²) >= 11 is 0. The Morgan fingerprint density at radius 2 is 2.00 bits per heavy atom. The van der Waals surface area contributed by atoms with Gasteiger partial charge in [-0.2, -0.15) is 0 Å². The summed E-state index contributed by atoms with van der Waals surface area (Å²) in [6.07, 6.45) is 1.04. The van der Waals surface area contributed by atoms with E-state index >= 15 is 0 Å². The van der Waals surface area contributed by atoms with Gasteiger partial charge in [0.25, 0.3) is 0 Å². The number of piperazine rings is 1. The average molecular weight is 365 g/mol. The molecule has 0 bridgehead atoms. The van der Waals surface area contributed by atoms with Gasteiger partial charge in [0.2, 0.25) is 0 Å². The number of rotatable bonds is 8. The molecule has 0 aliphatic carbocycles. The summed E-state index contributed by atoms with van der Waals surface area (Å²) in [5.74, 6) is 0.672. The summed E-state index contributed by atoms with van der Waals surface area (Å²) < 4.78 is 19.0. The van der Waals surface area contributed by atoms with E-state index in [0.29, 0.717) is 12.3 Å². The van der Waals surface area contributed by atoms with E-state index in [-0.39, 0.29) is 11.9 Å². The van der Waals surface area contributed by atoms with Crippen molar-refractivity contribution in [3.63, 3.8) is 0 Å². The van der Waals surface area contributed by atoms with Crippen LogP contribution in [0.1, 0.15) is 13.3 Å². The molecule has 0 spiro atoms. The third kappa shape index (κ3) is 6.46. The van der Waals surface area contributed by atoms with Crippen molar-refractivity contribution in [3.8, 4) is 0 Å². The van der Waals surface area contributed by atoms with Crippen LogP contribution in [0.15, 0.2) is 29.3 Å². The van der Waals surface area contributed by atoms with Crippen molar-refractivity contribution < 1.29 is 9.13 Å². The lowest BCUT2D eigenvalue weighted by molar-refractivity contribution is 0.179. The number of nitrogens with zero attached hydrogens (tertiary/aromatic N) is 3. The van der Waals surface area contributed by atoms with E-state index in [1.54, 1.807) is 20.2 Å². The molecule has 146 valence electrons. The molecule has 0 radical (unpaired) electrons. The molecule has 1 fully saturated rings. The number of hydrogen-bond donors (Lipinski definition) is 2. The monoisotopic (exact) mass is 365 g/mol. The van der Waals surface area contributed by atoms with Crippen molar-refractivity contribution in [3.05, 3.63) is 30.1 Å². The fraction of sp³-hybridized carbons (Fsp3) is 0.632. The zero-order valence-corrected chi connectivity index (χ0v) is 16.2. The Morgan fingerprint density at radius 3 is 2.65 bits per heavy atom. The fourth-order valence-corrected chi connectivity index (χ4v) is 3.15. The van der Waals surface area contributed by atoms with Crippen LogP contribution in [-0.4, -0.2) is 76.9 Å². The minimum Gasteiger partial charge on any atom is -0.383 e. The fourth-order valence-electron chi connectivity index (χ4n) is 3.15. The maximum Gasteiger partial charge on any atom is 0.191 e. The molecule has 0 aromatic heterocycles. The number of anilines is 1. The van der Waals surface area contributed by atoms with Crippen molar-refractivity contribution in [2.45, 2.75) is 19.4 Å². The van der Waals surface area contributed by atoms with Crippen molar-refractivity contribution >= 4 is 11.6 Å². The molecule has 0 saturated carbocycles. The molecular formula is C19H32FN5O. The molecule has 6 nitrogen and oxygen atoms in total. The highest BCUT2D eigenvalue weighted by atomic mass is 19.1. The van der Waals surface area contributed by atoms with Gasteiger partial charge in [0.05, 0.1) is 12.3 Å². The summed E-state index contributed by atoms with van der Waals surface area (Å²) in [5.41, 5.74) is 0.717. The number of halogens is 1. The van der Waals surface area contributed by atoms with Crippen LogP contribution in [0, 0.1) is 5.82 Å². The van der Waals surface area contributed by atoms with E-state index in [1.807, 2.05) is 12.1 Å². The van der Waals surface area contributed by atoms with Gasteiger partial charge in [-0.15, -0.1) is 0 Å². The van der Waals surface area contributed by atoms with Gasteiger partial charge in [-0.05, 0) is 32.0 Å². The first-order valence-electron chi connectivity index (χ1n) is 9.32. The molecule has 1 aromatic rings. The summed E-state index contributed by atoms with van der Waals surface area (Å²) in [6.45, 7) is 8.27. The molecular weight excluding hydrogens is 333 g/mol. The number of aliphatic imine (C=N–C) groups is 1. The first-order valence-corrected chi connectivity index (χ1v) is 9.32.